The number of carbonyl (C=O) groups is 1. The third-order valence-corrected chi connectivity index (χ3v) is 12.0. The molecule has 0 fully saturated rings. The standard InChI is InChI=1S/C30H47NO4Si/c1-21(2)33-26-27(32)30(28(26)34-22(3)4,35-36(9,10)29(5,6)7)24-18-14-15-19-25(24)31(8)20-23-16-12-11-13-17-23/h11-13,16-18,21-22,25H,14-15,19-20H2,1-10H3/t25-,30-/m0/s1. The summed E-state index contributed by atoms with van der Waals surface area (Å²) < 4.78 is 19.6. The maximum absolute atomic E-state index is 14.2. The van der Waals surface area contributed by atoms with Crippen molar-refractivity contribution in [3.05, 3.63) is 59.1 Å². The molecule has 0 unspecified atom stereocenters. The quantitative estimate of drug-likeness (QED) is 0.249. The average molecular weight is 514 g/mol. The van der Waals surface area contributed by atoms with Crippen LogP contribution in [-0.4, -0.2) is 49.9 Å². The summed E-state index contributed by atoms with van der Waals surface area (Å²) in [4.78, 5) is 16.6. The number of Topliss-reactive ketones (excluding diaryl/α,β-unsaturated/α-hetero) is 1. The number of rotatable bonds is 10. The second kappa shape index (κ2) is 10.8. The van der Waals surface area contributed by atoms with Crippen LogP contribution >= 0.6 is 0 Å². The lowest BCUT2D eigenvalue weighted by molar-refractivity contribution is -0.144. The van der Waals surface area contributed by atoms with Gasteiger partial charge < -0.3 is 13.9 Å². The molecule has 0 saturated carbocycles. The molecule has 2 atom stereocenters. The average Bonchev–Trinajstić information content (AvgIpc) is 2.79. The lowest BCUT2D eigenvalue weighted by atomic mass is 9.71. The smallest absolute Gasteiger partial charge is 0.244 e. The van der Waals surface area contributed by atoms with Crippen LogP contribution in [0.5, 0.6) is 0 Å². The maximum Gasteiger partial charge on any atom is 0.244 e. The first kappa shape index (κ1) is 28.7. The van der Waals surface area contributed by atoms with E-state index in [1.807, 2.05) is 33.8 Å². The van der Waals surface area contributed by atoms with Crippen LogP contribution in [0.3, 0.4) is 0 Å². The summed E-state index contributed by atoms with van der Waals surface area (Å²) in [7, 11) is -0.236. The molecule has 0 heterocycles. The highest BCUT2D eigenvalue weighted by atomic mass is 28.4. The summed E-state index contributed by atoms with van der Waals surface area (Å²) in [6.07, 6.45) is 4.99. The zero-order valence-electron chi connectivity index (χ0n) is 24.1. The molecule has 2 aliphatic rings. The molecule has 6 heteroatoms. The van der Waals surface area contributed by atoms with E-state index in [9.17, 15) is 4.79 Å². The van der Waals surface area contributed by atoms with E-state index in [0.717, 1.165) is 31.4 Å². The number of ketones is 1. The minimum Gasteiger partial charge on any atom is -0.487 e. The predicted molar refractivity (Wildman–Crippen MR) is 149 cm³/mol. The topological polar surface area (TPSA) is 48.0 Å². The summed E-state index contributed by atoms with van der Waals surface area (Å²) in [5.41, 5.74) is 1.05. The Bertz CT molecular complexity index is 990. The fraction of sp³-hybridized carbons (Fsp3) is 0.633. The van der Waals surface area contributed by atoms with E-state index in [4.69, 9.17) is 13.9 Å². The van der Waals surface area contributed by atoms with Crippen molar-refractivity contribution in [1.29, 1.82) is 0 Å². The number of nitrogens with zero attached hydrogens (tertiary/aromatic N) is 1. The van der Waals surface area contributed by atoms with Gasteiger partial charge >= 0.3 is 0 Å². The van der Waals surface area contributed by atoms with Gasteiger partial charge in [-0.25, -0.2) is 0 Å². The number of likely N-dealkylation sites (N-methyl/N-ethyl adjacent to an activating group) is 1. The Morgan fingerprint density at radius 2 is 1.67 bits per heavy atom. The predicted octanol–water partition coefficient (Wildman–Crippen LogP) is 7.00. The van der Waals surface area contributed by atoms with Crippen LogP contribution in [0.1, 0.15) is 73.3 Å². The van der Waals surface area contributed by atoms with Gasteiger partial charge in [0.25, 0.3) is 0 Å². The Kier molecular flexibility index (Phi) is 8.64. The Morgan fingerprint density at radius 1 is 1.06 bits per heavy atom. The molecule has 36 heavy (non-hydrogen) atoms. The second-order valence-corrected chi connectivity index (χ2v) is 17.1. The van der Waals surface area contributed by atoms with Gasteiger partial charge in [-0.15, -0.1) is 0 Å². The fourth-order valence-corrected chi connectivity index (χ4v) is 6.18. The van der Waals surface area contributed by atoms with Crippen LogP contribution < -0.4 is 0 Å². The van der Waals surface area contributed by atoms with E-state index >= 15 is 0 Å². The molecule has 0 aliphatic heterocycles. The summed E-state index contributed by atoms with van der Waals surface area (Å²) in [6.45, 7) is 19.7. The Balaban J connectivity index is 2.14. The Hall–Kier alpha value is -1.89. The highest BCUT2D eigenvalue weighted by Crippen LogP contribution is 2.53. The van der Waals surface area contributed by atoms with Crippen LogP contribution in [0, 0.1) is 0 Å². The largest absolute Gasteiger partial charge is 0.487 e. The van der Waals surface area contributed by atoms with Gasteiger partial charge in [0.15, 0.2) is 14.1 Å². The van der Waals surface area contributed by atoms with Crippen LogP contribution in [-0.2, 0) is 25.2 Å². The molecule has 0 aromatic heterocycles. The van der Waals surface area contributed by atoms with Crippen LogP contribution in [0.2, 0.25) is 18.1 Å². The first-order valence-electron chi connectivity index (χ1n) is 13.5. The Morgan fingerprint density at radius 3 is 2.22 bits per heavy atom. The molecule has 0 saturated heterocycles. The molecule has 200 valence electrons. The minimum absolute atomic E-state index is 0.0686. The van der Waals surface area contributed by atoms with Gasteiger partial charge in [-0.3, -0.25) is 9.69 Å². The molecule has 1 aromatic rings. The van der Waals surface area contributed by atoms with Gasteiger partial charge in [0.2, 0.25) is 17.1 Å². The van der Waals surface area contributed by atoms with Crippen LogP contribution in [0.15, 0.2) is 53.5 Å². The van der Waals surface area contributed by atoms with E-state index in [1.165, 1.54) is 5.56 Å². The van der Waals surface area contributed by atoms with Gasteiger partial charge in [-0.1, -0.05) is 57.2 Å². The minimum atomic E-state index is -2.39. The van der Waals surface area contributed by atoms with Crippen molar-refractivity contribution in [2.75, 3.05) is 7.05 Å². The van der Waals surface area contributed by atoms with Crippen molar-refractivity contribution in [2.45, 2.75) is 116 Å². The molecule has 0 radical (unpaired) electrons. The number of benzene rings is 1. The lowest BCUT2D eigenvalue weighted by Crippen LogP contribution is -2.65. The fourth-order valence-electron chi connectivity index (χ4n) is 4.81. The van der Waals surface area contributed by atoms with Crippen molar-refractivity contribution < 1.29 is 18.7 Å². The molecular weight excluding hydrogens is 466 g/mol. The zero-order valence-corrected chi connectivity index (χ0v) is 25.1. The zero-order chi connectivity index (χ0) is 26.9. The summed E-state index contributed by atoms with van der Waals surface area (Å²) in [5, 5.41) is -0.0709. The number of allylic oxidation sites excluding steroid dienone is 1. The molecule has 5 nitrogen and oxygen atoms in total. The number of hydrogen-bond acceptors (Lipinski definition) is 5. The van der Waals surface area contributed by atoms with Gasteiger partial charge in [0, 0.05) is 12.6 Å². The number of carbonyl (C=O) groups excluding carboxylic acids is 1. The van der Waals surface area contributed by atoms with Crippen molar-refractivity contribution in [1.82, 2.24) is 4.90 Å². The SMILES string of the molecule is CC(C)OC1=C(OC(C)C)[C@](O[Si](C)(C)C(C)(C)C)(C2=CCCC[C@@H]2N(C)Cc2ccccc2)C1=O. The van der Waals surface area contributed by atoms with Crippen LogP contribution in [0.4, 0.5) is 0 Å². The maximum atomic E-state index is 14.2. The van der Waals surface area contributed by atoms with Crippen molar-refractivity contribution in [2.24, 2.45) is 0 Å². The monoisotopic (exact) mass is 513 g/mol. The molecule has 3 rings (SSSR count). The van der Waals surface area contributed by atoms with Crippen molar-refractivity contribution >= 4 is 14.1 Å². The van der Waals surface area contributed by atoms with E-state index in [0.29, 0.717) is 11.5 Å². The first-order chi connectivity index (χ1) is 16.7. The Labute approximate surface area is 220 Å². The molecule has 0 N–H and O–H groups in total. The van der Waals surface area contributed by atoms with E-state index in [2.05, 4.69) is 76.2 Å². The normalized spacial score (nSPS) is 23.3. The molecule has 2 aliphatic carbocycles. The highest BCUT2D eigenvalue weighted by molar-refractivity contribution is 6.74. The first-order valence-corrected chi connectivity index (χ1v) is 16.4. The molecule has 0 bridgehead atoms. The second-order valence-electron chi connectivity index (χ2n) is 12.4. The molecule has 1 aromatic carbocycles. The van der Waals surface area contributed by atoms with E-state index in [1.54, 1.807) is 0 Å². The summed E-state index contributed by atoms with van der Waals surface area (Å²) in [6, 6.07) is 10.6. The van der Waals surface area contributed by atoms with Crippen molar-refractivity contribution in [3.63, 3.8) is 0 Å². The van der Waals surface area contributed by atoms with E-state index < -0.39 is 13.9 Å². The molecular formula is C30H47NO4Si. The highest BCUT2D eigenvalue weighted by Gasteiger charge is 2.65. The van der Waals surface area contributed by atoms with Gasteiger partial charge in [-0.2, -0.15) is 0 Å². The van der Waals surface area contributed by atoms with Gasteiger partial charge in [-0.05, 0) is 83.3 Å². The van der Waals surface area contributed by atoms with Gasteiger partial charge in [0.1, 0.15) is 0 Å². The van der Waals surface area contributed by atoms with Crippen LogP contribution in [0.25, 0.3) is 0 Å². The lowest BCUT2D eigenvalue weighted by Gasteiger charge is -2.53. The number of hydrogen-bond donors (Lipinski definition) is 0. The van der Waals surface area contributed by atoms with E-state index in [-0.39, 0.29) is 29.1 Å². The number of ether oxygens (including phenoxy) is 2. The van der Waals surface area contributed by atoms with Crippen molar-refractivity contribution in [3.8, 4) is 0 Å². The third kappa shape index (κ3) is 5.66. The summed E-state index contributed by atoms with van der Waals surface area (Å²) >= 11 is 0. The van der Waals surface area contributed by atoms with Gasteiger partial charge in [0.05, 0.1) is 12.2 Å². The third-order valence-electron chi connectivity index (χ3n) is 7.59. The molecule has 0 amide bonds. The molecule has 0 spiro atoms. The summed E-state index contributed by atoms with van der Waals surface area (Å²) in [5.74, 6) is 0.795.